The van der Waals surface area contributed by atoms with Crippen LogP contribution in [0.1, 0.15) is 69.2 Å². The van der Waals surface area contributed by atoms with Gasteiger partial charge in [-0.15, -0.1) is 0 Å². The van der Waals surface area contributed by atoms with Gasteiger partial charge in [0.15, 0.2) is 0 Å². The molecule has 0 aliphatic heterocycles. The highest BCUT2D eigenvalue weighted by Gasteiger charge is 2.18. The SMILES string of the molecule is C=C/C=C\c1c(C=C)c2ccccc2c2cc(C(/C=C\C)=C(C)/C=C\C)c(C(C)CC)cc12. The topological polar surface area (TPSA) is 0 Å². The zero-order valence-corrected chi connectivity index (χ0v) is 20.8. The molecule has 0 amide bonds. The Morgan fingerprint density at radius 2 is 1.61 bits per heavy atom. The molecule has 168 valence electrons. The lowest BCUT2D eigenvalue weighted by Gasteiger charge is -2.21. The first kappa shape index (κ1) is 24.3. The predicted molar refractivity (Wildman–Crippen MR) is 152 cm³/mol. The van der Waals surface area contributed by atoms with Crippen LogP contribution in [0.2, 0.25) is 0 Å². The molecule has 3 rings (SSSR count). The summed E-state index contributed by atoms with van der Waals surface area (Å²) in [4.78, 5) is 0. The molecule has 0 aliphatic rings. The molecule has 0 nitrogen and oxygen atoms in total. The van der Waals surface area contributed by atoms with Crippen molar-refractivity contribution in [2.24, 2.45) is 0 Å². The van der Waals surface area contributed by atoms with E-state index in [1.807, 2.05) is 18.2 Å². The second kappa shape index (κ2) is 11.0. The Hall–Kier alpha value is -3.38. The molecule has 0 heteroatoms. The van der Waals surface area contributed by atoms with Gasteiger partial charge in [-0.3, -0.25) is 0 Å². The van der Waals surface area contributed by atoms with Crippen LogP contribution in [0.5, 0.6) is 0 Å². The smallest absolute Gasteiger partial charge is 0.00926 e. The molecule has 3 aromatic rings. The maximum absolute atomic E-state index is 4.16. The minimum Gasteiger partial charge on any atom is -0.0991 e. The van der Waals surface area contributed by atoms with Gasteiger partial charge >= 0.3 is 0 Å². The van der Waals surface area contributed by atoms with Crippen molar-refractivity contribution in [1.82, 2.24) is 0 Å². The Morgan fingerprint density at radius 3 is 2.21 bits per heavy atom. The van der Waals surface area contributed by atoms with E-state index in [4.69, 9.17) is 0 Å². The Kier molecular flexibility index (Phi) is 8.06. The van der Waals surface area contributed by atoms with Crippen LogP contribution >= 0.6 is 0 Å². The van der Waals surface area contributed by atoms with Crippen LogP contribution in [-0.2, 0) is 0 Å². The summed E-state index contributed by atoms with van der Waals surface area (Å²) in [5.41, 5.74) is 7.65. The molecule has 1 unspecified atom stereocenters. The van der Waals surface area contributed by atoms with E-state index in [9.17, 15) is 0 Å². The van der Waals surface area contributed by atoms with Gasteiger partial charge in [0, 0.05) is 0 Å². The molecule has 33 heavy (non-hydrogen) atoms. The average Bonchev–Trinajstić information content (AvgIpc) is 2.84. The standard InChI is InChI=1S/C33H36/c1-8-13-18-28-25(12-5)27-19-14-15-20-29(27)33-22-31(26(17-10-3)24(7)16-9-2)30(21-32(28)33)23(6)11-4/h8-10,12-23H,1,5,11H2,2-4,6-7H3/b16-9-,17-10-,18-13-,26-24+. The Balaban J connectivity index is 2.62. The number of hydrogen-bond acceptors (Lipinski definition) is 0. The normalized spacial score (nSPS) is 14.0. The van der Waals surface area contributed by atoms with E-state index in [-0.39, 0.29) is 0 Å². The lowest BCUT2D eigenvalue weighted by Crippen LogP contribution is -2.01. The van der Waals surface area contributed by atoms with Gasteiger partial charge < -0.3 is 0 Å². The zero-order valence-electron chi connectivity index (χ0n) is 20.8. The van der Waals surface area contributed by atoms with Crippen molar-refractivity contribution >= 4 is 39.3 Å². The van der Waals surface area contributed by atoms with Gasteiger partial charge in [0.1, 0.15) is 0 Å². The molecule has 0 aromatic heterocycles. The van der Waals surface area contributed by atoms with Crippen LogP contribution in [0.4, 0.5) is 0 Å². The van der Waals surface area contributed by atoms with Gasteiger partial charge in [0.2, 0.25) is 0 Å². The molecule has 0 aliphatic carbocycles. The van der Waals surface area contributed by atoms with E-state index < -0.39 is 0 Å². The summed E-state index contributed by atoms with van der Waals surface area (Å²) in [5, 5.41) is 5.04. The van der Waals surface area contributed by atoms with Crippen molar-refractivity contribution in [2.45, 2.75) is 47.0 Å². The summed E-state index contributed by atoms with van der Waals surface area (Å²) in [5.74, 6) is 0.443. The quantitative estimate of drug-likeness (QED) is 0.245. The van der Waals surface area contributed by atoms with Gasteiger partial charge in [-0.1, -0.05) is 99.9 Å². The minimum absolute atomic E-state index is 0.443. The molecule has 0 radical (unpaired) electrons. The van der Waals surface area contributed by atoms with Crippen LogP contribution in [0, 0.1) is 0 Å². The fourth-order valence-corrected chi connectivity index (χ4v) is 4.67. The van der Waals surface area contributed by atoms with Crippen molar-refractivity contribution < 1.29 is 0 Å². The minimum atomic E-state index is 0.443. The summed E-state index contributed by atoms with van der Waals surface area (Å²) >= 11 is 0. The molecule has 0 heterocycles. The molecular formula is C33H36. The van der Waals surface area contributed by atoms with Crippen LogP contribution in [0.15, 0.2) is 91.6 Å². The zero-order chi connectivity index (χ0) is 24.0. The molecule has 3 aromatic carbocycles. The Bertz CT molecular complexity index is 1310. The van der Waals surface area contributed by atoms with E-state index in [1.54, 1.807) is 0 Å². The van der Waals surface area contributed by atoms with Crippen molar-refractivity contribution in [2.75, 3.05) is 0 Å². The van der Waals surface area contributed by atoms with Gasteiger partial charge in [-0.25, -0.2) is 0 Å². The molecule has 1 atom stereocenters. The average molecular weight is 433 g/mol. The number of hydrogen-bond donors (Lipinski definition) is 0. The third kappa shape index (κ3) is 4.71. The number of rotatable bonds is 8. The second-order valence-electron chi connectivity index (χ2n) is 8.56. The first-order chi connectivity index (χ1) is 16.0. The second-order valence-corrected chi connectivity index (χ2v) is 8.56. The fourth-order valence-electron chi connectivity index (χ4n) is 4.67. The van der Waals surface area contributed by atoms with E-state index in [0.29, 0.717) is 5.92 Å². The van der Waals surface area contributed by atoms with Gasteiger partial charge in [-0.05, 0) is 100 Å². The first-order valence-electron chi connectivity index (χ1n) is 11.9. The highest BCUT2D eigenvalue weighted by atomic mass is 14.2. The lowest BCUT2D eigenvalue weighted by molar-refractivity contribution is 0.733. The predicted octanol–water partition coefficient (Wildman–Crippen LogP) is 10.3. The lowest BCUT2D eigenvalue weighted by atomic mass is 9.82. The molecule has 0 saturated heterocycles. The van der Waals surface area contributed by atoms with E-state index in [1.165, 1.54) is 54.9 Å². The summed E-state index contributed by atoms with van der Waals surface area (Å²) < 4.78 is 0. The van der Waals surface area contributed by atoms with E-state index in [0.717, 1.165) is 6.42 Å². The van der Waals surface area contributed by atoms with Gasteiger partial charge in [0.05, 0.1) is 0 Å². The van der Waals surface area contributed by atoms with Gasteiger partial charge in [-0.2, -0.15) is 0 Å². The number of benzene rings is 3. The summed E-state index contributed by atoms with van der Waals surface area (Å²) in [7, 11) is 0. The largest absolute Gasteiger partial charge is 0.0991 e. The number of fused-ring (bicyclic) bond motifs is 3. The van der Waals surface area contributed by atoms with Crippen LogP contribution < -0.4 is 0 Å². The summed E-state index contributed by atoms with van der Waals surface area (Å²) in [6, 6.07) is 13.5. The van der Waals surface area contributed by atoms with Crippen LogP contribution in [0.25, 0.3) is 39.3 Å². The van der Waals surface area contributed by atoms with Gasteiger partial charge in [0.25, 0.3) is 0 Å². The molecule has 0 spiro atoms. The highest BCUT2D eigenvalue weighted by Crippen LogP contribution is 2.40. The third-order valence-electron chi connectivity index (χ3n) is 6.49. The summed E-state index contributed by atoms with van der Waals surface area (Å²) in [6.07, 6.45) is 17.8. The Morgan fingerprint density at radius 1 is 0.909 bits per heavy atom. The molecule has 0 fully saturated rings. The van der Waals surface area contributed by atoms with E-state index in [2.05, 4.69) is 115 Å². The highest BCUT2D eigenvalue weighted by molar-refractivity contribution is 6.15. The maximum atomic E-state index is 4.16. The van der Waals surface area contributed by atoms with Crippen molar-refractivity contribution in [3.63, 3.8) is 0 Å². The van der Waals surface area contributed by atoms with Crippen molar-refractivity contribution in [3.8, 4) is 0 Å². The van der Waals surface area contributed by atoms with Crippen LogP contribution in [0.3, 0.4) is 0 Å². The van der Waals surface area contributed by atoms with E-state index >= 15 is 0 Å². The van der Waals surface area contributed by atoms with Crippen LogP contribution in [-0.4, -0.2) is 0 Å². The first-order valence-corrected chi connectivity index (χ1v) is 11.9. The Labute approximate surface area is 200 Å². The molecule has 0 bridgehead atoms. The maximum Gasteiger partial charge on any atom is -0.00926 e. The molecular weight excluding hydrogens is 396 g/mol. The summed E-state index contributed by atoms with van der Waals surface area (Å²) in [6.45, 7) is 19.0. The molecule has 0 N–H and O–H groups in total. The van der Waals surface area contributed by atoms with Crippen molar-refractivity contribution in [1.29, 1.82) is 0 Å². The van der Waals surface area contributed by atoms with Crippen molar-refractivity contribution in [3.05, 3.63) is 114 Å². The molecule has 0 saturated carbocycles. The third-order valence-corrected chi connectivity index (χ3v) is 6.49. The number of allylic oxidation sites excluding steroid dienone is 8. The fraction of sp³-hybridized carbons (Fsp3) is 0.212. The monoisotopic (exact) mass is 432 g/mol.